The molecular weight excluding hydrogens is 368 g/mol. The highest BCUT2D eigenvalue weighted by Crippen LogP contribution is 2.28. The summed E-state index contributed by atoms with van der Waals surface area (Å²) in [6, 6.07) is 11.8. The van der Waals surface area contributed by atoms with E-state index < -0.39 is 10.0 Å². The molecule has 2 heterocycles. The summed E-state index contributed by atoms with van der Waals surface area (Å²) < 4.78 is 25.8. The van der Waals surface area contributed by atoms with E-state index in [1.165, 1.54) is 11.3 Å². The number of hydrogen-bond acceptors (Lipinski definition) is 4. The highest BCUT2D eigenvalue weighted by atomic mass is 32.2. The molecular formula is C19H24N2O3S2. The highest BCUT2D eigenvalue weighted by Gasteiger charge is 2.28. The van der Waals surface area contributed by atoms with Gasteiger partial charge in [0.15, 0.2) is 0 Å². The molecule has 0 spiro atoms. The Kier molecular flexibility index (Phi) is 6.11. The number of benzene rings is 1. The number of nitrogens with one attached hydrogen (secondary N) is 1. The second-order valence-electron chi connectivity index (χ2n) is 6.49. The van der Waals surface area contributed by atoms with Gasteiger partial charge in [-0.05, 0) is 36.3 Å². The van der Waals surface area contributed by atoms with Crippen LogP contribution in [0.2, 0.25) is 0 Å². The number of rotatable bonds is 6. The summed E-state index contributed by atoms with van der Waals surface area (Å²) >= 11 is 1.43. The van der Waals surface area contributed by atoms with Gasteiger partial charge in [-0.2, -0.15) is 0 Å². The maximum Gasteiger partial charge on any atom is 0.262 e. The van der Waals surface area contributed by atoms with E-state index in [1.54, 1.807) is 4.31 Å². The molecule has 1 fully saturated rings. The minimum Gasteiger partial charge on any atom is -0.348 e. The first-order valence-corrected chi connectivity index (χ1v) is 11.4. The molecule has 0 aliphatic carbocycles. The molecule has 140 valence electrons. The lowest BCUT2D eigenvalue weighted by Crippen LogP contribution is -2.47. The average molecular weight is 393 g/mol. The third-order valence-electron chi connectivity index (χ3n) is 4.60. The normalized spacial score (nSPS) is 16.5. The molecule has 26 heavy (non-hydrogen) atoms. The van der Waals surface area contributed by atoms with Crippen LogP contribution in [0.5, 0.6) is 0 Å². The van der Waals surface area contributed by atoms with Crippen molar-refractivity contribution in [3.05, 3.63) is 46.7 Å². The third kappa shape index (κ3) is 4.34. The molecule has 1 N–H and O–H groups in total. The lowest BCUT2D eigenvalue weighted by atomic mass is 10.0. The summed E-state index contributed by atoms with van der Waals surface area (Å²) in [5.74, 6) is 0.119. The van der Waals surface area contributed by atoms with Gasteiger partial charge in [-0.25, -0.2) is 12.7 Å². The molecule has 0 atom stereocenters. The minimum atomic E-state index is -3.15. The average Bonchev–Trinajstić information content (AvgIpc) is 3.13. The zero-order chi connectivity index (χ0) is 18.6. The first-order valence-electron chi connectivity index (χ1n) is 8.93. The van der Waals surface area contributed by atoms with Crippen molar-refractivity contribution in [2.24, 2.45) is 0 Å². The number of amides is 1. The summed E-state index contributed by atoms with van der Waals surface area (Å²) in [7, 11) is -3.15. The van der Waals surface area contributed by atoms with Crippen LogP contribution in [0.4, 0.5) is 0 Å². The molecule has 0 bridgehead atoms. The third-order valence-corrected chi connectivity index (χ3v) is 7.59. The van der Waals surface area contributed by atoms with Gasteiger partial charge >= 0.3 is 0 Å². The van der Waals surface area contributed by atoms with E-state index in [0.29, 0.717) is 37.2 Å². The van der Waals surface area contributed by atoms with E-state index >= 15 is 0 Å². The standard InChI is InChI=1S/C19H24N2O3S2/c1-2-14-26(23,24)21-11-8-16(9-12-21)20-19(22)18-17(10-13-25-18)15-6-4-3-5-7-15/h3-7,10,13,16H,2,8-9,11-12,14H2,1H3,(H,20,22). The van der Waals surface area contributed by atoms with Crippen molar-refractivity contribution in [3.8, 4) is 11.1 Å². The van der Waals surface area contributed by atoms with E-state index in [9.17, 15) is 13.2 Å². The number of nitrogens with zero attached hydrogens (tertiary/aromatic N) is 1. The van der Waals surface area contributed by atoms with Gasteiger partial charge in [0, 0.05) is 24.7 Å². The minimum absolute atomic E-state index is 0.0151. The van der Waals surface area contributed by atoms with Gasteiger partial charge in [0.05, 0.1) is 10.6 Å². The summed E-state index contributed by atoms with van der Waals surface area (Å²) in [6.07, 6.45) is 1.93. The van der Waals surface area contributed by atoms with E-state index in [4.69, 9.17) is 0 Å². The Morgan fingerprint density at radius 2 is 1.88 bits per heavy atom. The van der Waals surface area contributed by atoms with Crippen LogP contribution < -0.4 is 5.32 Å². The quantitative estimate of drug-likeness (QED) is 0.820. The van der Waals surface area contributed by atoms with Gasteiger partial charge in [0.1, 0.15) is 0 Å². The molecule has 1 aromatic carbocycles. The molecule has 0 saturated carbocycles. The molecule has 1 amide bonds. The van der Waals surface area contributed by atoms with Crippen molar-refractivity contribution < 1.29 is 13.2 Å². The van der Waals surface area contributed by atoms with E-state index in [1.807, 2.05) is 48.7 Å². The van der Waals surface area contributed by atoms with E-state index in [-0.39, 0.29) is 17.7 Å². The van der Waals surface area contributed by atoms with Gasteiger partial charge in [0.25, 0.3) is 5.91 Å². The molecule has 1 saturated heterocycles. The Bertz CT molecular complexity index is 839. The second kappa shape index (κ2) is 8.33. The lowest BCUT2D eigenvalue weighted by Gasteiger charge is -2.31. The van der Waals surface area contributed by atoms with Gasteiger partial charge in [-0.3, -0.25) is 4.79 Å². The highest BCUT2D eigenvalue weighted by molar-refractivity contribution is 7.89. The smallest absolute Gasteiger partial charge is 0.262 e. The number of sulfonamides is 1. The fraction of sp³-hybridized carbons (Fsp3) is 0.421. The Hall–Kier alpha value is -1.70. The largest absolute Gasteiger partial charge is 0.348 e. The second-order valence-corrected chi connectivity index (χ2v) is 9.50. The maximum absolute atomic E-state index is 12.7. The zero-order valence-corrected chi connectivity index (χ0v) is 16.5. The SMILES string of the molecule is CCCS(=O)(=O)N1CCC(NC(=O)c2sccc2-c2ccccc2)CC1. The van der Waals surface area contributed by atoms with Crippen LogP contribution in [0.1, 0.15) is 35.9 Å². The van der Waals surface area contributed by atoms with Crippen LogP contribution in [0.3, 0.4) is 0 Å². The molecule has 0 radical (unpaired) electrons. The molecule has 1 aliphatic heterocycles. The topological polar surface area (TPSA) is 66.5 Å². The summed E-state index contributed by atoms with van der Waals surface area (Å²) in [5, 5.41) is 5.01. The molecule has 1 aliphatic rings. The number of hydrogen-bond donors (Lipinski definition) is 1. The van der Waals surface area contributed by atoms with E-state index in [0.717, 1.165) is 11.1 Å². The first-order chi connectivity index (χ1) is 12.5. The monoisotopic (exact) mass is 392 g/mol. The molecule has 2 aromatic rings. The van der Waals surface area contributed by atoms with Crippen LogP contribution >= 0.6 is 11.3 Å². The Balaban J connectivity index is 1.62. The van der Waals surface area contributed by atoms with Gasteiger partial charge in [0.2, 0.25) is 10.0 Å². The predicted molar refractivity (Wildman–Crippen MR) is 106 cm³/mol. The van der Waals surface area contributed by atoms with Crippen molar-refractivity contribution in [2.75, 3.05) is 18.8 Å². The van der Waals surface area contributed by atoms with Gasteiger partial charge in [-0.15, -0.1) is 11.3 Å². The van der Waals surface area contributed by atoms with Crippen molar-refractivity contribution in [3.63, 3.8) is 0 Å². The molecule has 3 rings (SSSR count). The Morgan fingerprint density at radius 3 is 2.54 bits per heavy atom. The van der Waals surface area contributed by atoms with Crippen LogP contribution in [0.25, 0.3) is 11.1 Å². The van der Waals surface area contributed by atoms with Crippen molar-refractivity contribution >= 4 is 27.3 Å². The Morgan fingerprint density at radius 1 is 1.19 bits per heavy atom. The Labute approximate surface area is 159 Å². The molecule has 7 heteroatoms. The van der Waals surface area contributed by atoms with Crippen LogP contribution in [-0.4, -0.2) is 43.5 Å². The van der Waals surface area contributed by atoms with Crippen molar-refractivity contribution in [2.45, 2.75) is 32.2 Å². The predicted octanol–water partition coefficient (Wildman–Crippen LogP) is 3.35. The fourth-order valence-corrected chi connectivity index (χ4v) is 5.61. The molecule has 1 aromatic heterocycles. The summed E-state index contributed by atoms with van der Waals surface area (Å²) in [6.45, 7) is 2.82. The molecule has 0 unspecified atom stereocenters. The van der Waals surface area contributed by atoms with Crippen LogP contribution in [0, 0.1) is 0 Å². The van der Waals surface area contributed by atoms with Crippen molar-refractivity contribution in [1.82, 2.24) is 9.62 Å². The number of carbonyl (C=O) groups excluding carboxylic acids is 1. The number of carbonyl (C=O) groups is 1. The van der Waals surface area contributed by atoms with Crippen LogP contribution in [-0.2, 0) is 10.0 Å². The number of piperidine rings is 1. The zero-order valence-electron chi connectivity index (χ0n) is 14.8. The van der Waals surface area contributed by atoms with Crippen molar-refractivity contribution in [1.29, 1.82) is 0 Å². The van der Waals surface area contributed by atoms with Gasteiger partial charge < -0.3 is 5.32 Å². The lowest BCUT2D eigenvalue weighted by molar-refractivity contribution is 0.0928. The van der Waals surface area contributed by atoms with Gasteiger partial charge in [-0.1, -0.05) is 37.3 Å². The van der Waals surface area contributed by atoms with Crippen LogP contribution in [0.15, 0.2) is 41.8 Å². The summed E-state index contributed by atoms with van der Waals surface area (Å²) in [4.78, 5) is 13.4. The summed E-state index contributed by atoms with van der Waals surface area (Å²) in [5.41, 5.74) is 1.97. The first kappa shape index (κ1) is 19.1. The fourth-order valence-electron chi connectivity index (χ4n) is 3.25. The maximum atomic E-state index is 12.7. The van der Waals surface area contributed by atoms with E-state index in [2.05, 4.69) is 5.32 Å². The number of thiophene rings is 1. The molecule has 5 nitrogen and oxygen atoms in total.